The second-order valence-electron chi connectivity index (χ2n) is 6.64. The molecule has 3 aromatic carbocycles. The second-order valence-corrected chi connectivity index (χ2v) is 8.17. The van der Waals surface area contributed by atoms with Crippen LogP contribution in [0.1, 0.15) is 27.5 Å². The first kappa shape index (κ1) is 19.4. The lowest BCUT2D eigenvalue weighted by molar-refractivity contribution is -0.116. The first-order valence-corrected chi connectivity index (χ1v) is 10.5. The van der Waals surface area contributed by atoms with Gasteiger partial charge in [-0.3, -0.25) is 4.79 Å². The third-order valence-electron chi connectivity index (χ3n) is 4.63. The Morgan fingerprint density at radius 1 is 0.897 bits per heavy atom. The summed E-state index contributed by atoms with van der Waals surface area (Å²) in [5.74, 6) is -0.491. The number of carbonyl (C=O) groups excluding carboxylic acids is 1. The largest absolute Gasteiger partial charge is 0.301 e. The number of carbonyl (C=O) groups is 1. The molecule has 0 spiro atoms. The van der Waals surface area contributed by atoms with Gasteiger partial charge in [0.05, 0.1) is 5.92 Å². The van der Waals surface area contributed by atoms with Crippen molar-refractivity contribution in [1.82, 2.24) is 4.98 Å². The van der Waals surface area contributed by atoms with Gasteiger partial charge in [-0.15, -0.1) is 11.3 Å². The summed E-state index contributed by atoms with van der Waals surface area (Å²) in [4.78, 5) is 18.6. The van der Waals surface area contributed by atoms with Gasteiger partial charge in [0.1, 0.15) is 0 Å². The molecule has 1 heterocycles. The predicted octanol–water partition coefficient (Wildman–Crippen LogP) is 6.16. The lowest BCUT2D eigenvalue weighted by Gasteiger charge is -2.17. The minimum atomic E-state index is -0.395. The zero-order chi connectivity index (χ0) is 20.1. The van der Waals surface area contributed by atoms with Crippen LogP contribution < -0.4 is 5.32 Å². The van der Waals surface area contributed by atoms with Crippen LogP contribution in [-0.2, 0) is 11.2 Å². The third kappa shape index (κ3) is 4.73. The standard InChI is InChI=1S/C24H19ClN2OS/c25-21-14-8-7-13-19(21)15-20-16-26-24(29-20)27-23(28)22(17-9-3-1-4-10-17)18-11-5-2-6-12-18/h1-14,16,22H,15H2,(H,26,27,28). The Labute approximate surface area is 179 Å². The molecule has 1 aromatic heterocycles. The average Bonchev–Trinajstić information content (AvgIpc) is 3.18. The van der Waals surface area contributed by atoms with Gasteiger partial charge >= 0.3 is 0 Å². The zero-order valence-corrected chi connectivity index (χ0v) is 17.2. The molecule has 0 aliphatic carbocycles. The molecule has 4 rings (SSSR count). The number of halogens is 1. The van der Waals surface area contributed by atoms with Crippen LogP contribution in [0.5, 0.6) is 0 Å². The van der Waals surface area contributed by atoms with E-state index in [2.05, 4.69) is 10.3 Å². The van der Waals surface area contributed by atoms with E-state index in [9.17, 15) is 4.79 Å². The van der Waals surface area contributed by atoms with E-state index >= 15 is 0 Å². The molecule has 0 atom stereocenters. The Morgan fingerprint density at radius 3 is 2.10 bits per heavy atom. The summed E-state index contributed by atoms with van der Waals surface area (Å²) in [6, 6.07) is 27.4. The number of benzene rings is 3. The highest BCUT2D eigenvalue weighted by atomic mass is 35.5. The van der Waals surface area contributed by atoms with E-state index in [1.807, 2.05) is 84.9 Å². The highest BCUT2D eigenvalue weighted by Crippen LogP contribution is 2.29. The number of hydrogen-bond acceptors (Lipinski definition) is 3. The fourth-order valence-corrected chi connectivity index (χ4v) is 4.28. The molecule has 1 N–H and O–H groups in total. The molecule has 1 amide bonds. The quantitative estimate of drug-likeness (QED) is 0.407. The van der Waals surface area contributed by atoms with Crippen molar-refractivity contribution in [3.05, 3.63) is 118 Å². The maximum absolute atomic E-state index is 13.2. The third-order valence-corrected chi connectivity index (χ3v) is 5.92. The topological polar surface area (TPSA) is 42.0 Å². The summed E-state index contributed by atoms with van der Waals surface area (Å²) in [5, 5.41) is 4.32. The Morgan fingerprint density at radius 2 is 1.48 bits per heavy atom. The predicted molar refractivity (Wildman–Crippen MR) is 120 cm³/mol. The van der Waals surface area contributed by atoms with Gasteiger partial charge in [-0.2, -0.15) is 0 Å². The number of anilines is 1. The van der Waals surface area contributed by atoms with Gasteiger partial charge in [0.25, 0.3) is 0 Å². The minimum Gasteiger partial charge on any atom is -0.301 e. The van der Waals surface area contributed by atoms with E-state index in [0.717, 1.165) is 26.6 Å². The first-order chi connectivity index (χ1) is 14.2. The van der Waals surface area contributed by atoms with E-state index in [0.29, 0.717) is 11.6 Å². The molecule has 0 saturated carbocycles. The normalized spacial score (nSPS) is 10.8. The molecule has 3 nitrogen and oxygen atoms in total. The molecule has 0 radical (unpaired) electrons. The number of hydrogen-bond donors (Lipinski definition) is 1. The van der Waals surface area contributed by atoms with Crippen molar-refractivity contribution in [1.29, 1.82) is 0 Å². The van der Waals surface area contributed by atoms with Crippen molar-refractivity contribution in [2.24, 2.45) is 0 Å². The van der Waals surface area contributed by atoms with Gasteiger partial charge in [-0.05, 0) is 22.8 Å². The minimum absolute atomic E-state index is 0.0963. The van der Waals surface area contributed by atoms with Crippen LogP contribution in [0.3, 0.4) is 0 Å². The monoisotopic (exact) mass is 418 g/mol. The molecular formula is C24H19ClN2OS. The maximum Gasteiger partial charge on any atom is 0.238 e. The summed E-state index contributed by atoms with van der Waals surface area (Å²) in [7, 11) is 0. The Balaban J connectivity index is 1.54. The fourth-order valence-electron chi connectivity index (χ4n) is 3.24. The summed E-state index contributed by atoms with van der Waals surface area (Å²) in [6.07, 6.45) is 2.48. The SMILES string of the molecule is O=C(Nc1ncc(Cc2ccccc2Cl)s1)C(c1ccccc1)c1ccccc1. The van der Waals surface area contributed by atoms with Crippen molar-refractivity contribution < 1.29 is 4.79 Å². The number of amides is 1. The van der Waals surface area contributed by atoms with Crippen molar-refractivity contribution in [2.45, 2.75) is 12.3 Å². The van der Waals surface area contributed by atoms with E-state index in [1.54, 1.807) is 6.20 Å². The molecule has 0 bridgehead atoms. The van der Waals surface area contributed by atoms with Crippen molar-refractivity contribution in [3.63, 3.8) is 0 Å². The highest BCUT2D eigenvalue weighted by Gasteiger charge is 2.23. The number of rotatable bonds is 6. The average molecular weight is 419 g/mol. The molecule has 0 fully saturated rings. The van der Waals surface area contributed by atoms with E-state index < -0.39 is 5.92 Å². The van der Waals surface area contributed by atoms with Gasteiger partial charge in [-0.25, -0.2) is 4.98 Å². The second kappa shape index (κ2) is 9.03. The molecule has 4 aromatic rings. The van der Waals surface area contributed by atoms with Crippen molar-refractivity contribution in [2.75, 3.05) is 5.32 Å². The highest BCUT2D eigenvalue weighted by molar-refractivity contribution is 7.15. The number of nitrogens with one attached hydrogen (secondary N) is 1. The lowest BCUT2D eigenvalue weighted by Crippen LogP contribution is -2.22. The molecule has 0 aliphatic rings. The van der Waals surface area contributed by atoms with Crippen LogP contribution in [0, 0.1) is 0 Å². The molecule has 0 unspecified atom stereocenters. The first-order valence-electron chi connectivity index (χ1n) is 9.29. The van der Waals surface area contributed by atoms with Crippen molar-refractivity contribution >= 4 is 34.0 Å². The number of nitrogens with zero attached hydrogens (tertiary/aromatic N) is 1. The van der Waals surface area contributed by atoms with Crippen LogP contribution in [0.25, 0.3) is 0 Å². The molecule has 5 heteroatoms. The van der Waals surface area contributed by atoms with Crippen molar-refractivity contribution in [3.8, 4) is 0 Å². The molecule has 0 aliphatic heterocycles. The lowest BCUT2D eigenvalue weighted by atomic mass is 9.90. The smallest absolute Gasteiger partial charge is 0.238 e. The van der Waals surface area contributed by atoms with Gasteiger partial charge < -0.3 is 5.32 Å². The van der Waals surface area contributed by atoms with Crippen LogP contribution in [0.15, 0.2) is 91.1 Å². The summed E-state index contributed by atoms with van der Waals surface area (Å²) < 4.78 is 0. The maximum atomic E-state index is 13.2. The van der Waals surface area contributed by atoms with Crippen LogP contribution in [-0.4, -0.2) is 10.9 Å². The van der Waals surface area contributed by atoms with Gasteiger partial charge in [0, 0.05) is 22.5 Å². The Bertz CT molecular complexity index is 1060. The van der Waals surface area contributed by atoms with Gasteiger partial charge in [0.15, 0.2) is 5.13 Å². The Hall–Kier alpha value is -2.95. The van der Waals surface area contributed by atoms with E-state index in [-0.39, 0.29) is 5.91 Å². The number of aromatic nitrogens is 1. The molecule has 144 valence electrons. The number of thiazole rings is 1. The van der Waals surface area contributed by atoms with Crippen LogP contribution in [0.2, 0.25) is 5.02 Å². The summed E-state index contributed by atoms with van der Waals surface area (Å²) in [6.45, 7) is 0. The summed E-state index contributed by atoms with van der Waals surface area (Å²) >= 11 is 7.73. The molecule has 0 saturated heterocycles. The van der Waals surface area contributed by atoms with Gasteiger partial charge in [0.2, 0.25) is 5.91 Å². The zero-order valence-electron chi connectivity index (χ0n) is 15.6. The van der Waals surface area contributed by atoms with Crippen LogP contribution >= 0.6 is 22.9 Å². The van der Waals surface area contributed by atoms with Crippen LogP contribution in [0.4, 0.5) is 5.13 Å². The Kier molecular flexibility index (Phi) is 6.03. The van der Waals surface area contributed by atoms with E-state index in [4.69, 9.17) is 11.6 Å². The fraction of sp³-hybridized carbons (Fsp3) is 0.0833. The van der Waals surface area contributed by atoms with Gasteiger partial charge in [-0.1, -0.05) is 90.5 Å². The summed E-state index contributed by atoms with van der Waals surface area (Å²) in [5.41, 5.74) is 2.94. The molecule has 29 heavy (non-hydrogen) atoms. The van der Waals surface area contributed by atoms with E-state index in [1.165, 1.54) is 11.3 Å². The molecular weight excluding hydrogens is 400 g/mol.